The molecule has 0 saturated heterocycles. The van der Waals surface area contributed by atoms with Gasteiger partial charge in [-0.05, 0) is 12.1 Å². The quantitative estimate of drug-likeness (QED) is 0.819. The topological polar surface area (TPSA) is 51.2 Å². The number of rotatable bonds is 4. The van der Waals surface area contributed by atoms with Crippen LogP contribution in [0.5, 0.6) is 5.75 Å². The van der Waals surface area contributed by atoms with Crippen molar-refractivity contribution in [3.8, 4) is 5.75 Å². The number of ether oxygens (including phenoxy) is 1. The molecule has 4 nitrogen and oxygen atoms in total. The highest BCUT2D eigenvalue weighted by Gasteiger charge is 2.76. The van der Waals surface area contributed by atoms with Crippen molar-refractivity contribution < 1.29 is 40.3 Å². The number of nitrogens with zero attached hydrogens (tertiary/aromatic N) is 1. The molecular formula is C12H7F7N2O2S. The Bertz CT molecular complexity index is 772. The first kappa shape index (κ1) is 18.2. The van der Waals surface area contributed by atoms with Crippen molar-refractivity contribution in [1.29, 1.82) is 0 Å². The molecule has 0 fully saturated rings. The first-order chi connectivity index (χ1) is 10.9. The van der Waals surface area contributed by atoms with E-state index in [9.17, 15) is 35.5 Å². The van der Waals surface area contributed by atoms with Crippen molar-refractivity contribution in [1.82, 2.24) is 4.98 Å². The first-order valence-corrected chi connectivity index (χ1v) is 6.81. The molecule has 1 N–H and O–H groups in total. The van der Waals surface area contributed by atoms with Gasteiger partial charge in [0.1, 0.15) is 11.3 Å². The zero-order chi connectivity index (χ0) is 18.3. The van der Waals surface area contributed by atoms with Crippen LogP contribution in [0.15, 0.2) is 18.2 Å². The predicted octanol–water partition coefficient (Wildman–Crippen LogP) is 4.08. The molecule has 12 heteroatoms. The molecule has 2 aromatic rings. The van der Waals surface area contributed by atoms with Gasteiger partial charge in [-0.3, -0.25) is 10.1 Å². The maximum absolute atomic E-state index is 13.2. The molecule has 24 heavy (non-hydrogen) atoms. The average Bonchev–Trinajstić information content (AvgIpc) is 2.87. The summed E-state index contributed by atoms with van der Waals surface area (Å²) in [6, 6.07) is 4.44. The van der Waals surface area contributed by atoms with Crippen molar-refractivity contribution in [3.05, 3.63) is 18.2 Å². The third-order valence-corrected chi connectivity index (χ3v) is 3.79. The van der Waals surface area contributed by atoms with Gasteiger partial charge in [-0.1, -0.05) is 17.4 Å². The number of fused-ring (bicyclic) bond motifs is 1. The van der Waals surface area contributed by atoms with Crippen LogP contribution in [0, 0.1) is 0 Å². The minimum Gasteiger partial charge on any atom is -0.494 e. The zero-order valence-electron chi connectivity index (χ0n) is 11.5. The molecule has 0 radical (unpaired) electrons. The van der Waals surface area contributed by atoms with E-state index in [1.54, 1.807) is 0 Å². The van der Waals surface area contributed by atoms with E-state index >= 15 is 0 Å². The maximum Gasteiger partial charge on any atom is 0.460 e. The number of halogens is 7. The van der Waals surface area contributed by atoms with E-state index in [0.29, 0.717) is 16.0 Å². The predicted molar refractivity (Wildman–Crippen MR) is 70.8 cm³/mol. The number of para-hydroxylation sites is 1. The van der Waals surface area contributed by atoms with Crippen LogP contribution in [-0.4, -0.2) is 36.0 Å². The molecule has 0 bridgehead atoms. The van der Waals surface area contributed by atoms with Crippen molar-refractivity contribution in [2.24, 2.45) is 0 Å². The van der Waals surface area contributed by atoms with Gasteiger partial charge in [-0.25, -0.2) is 4.98 Å². The number of carbonyl (C=O) groups is 1. The minimum atomic E-state index is -6.59. The number of hydrogen-bond donors (Lipinski definition) is 1. The number of benzene rings is 1. The van der Waals surface area contributed by atoms with Crippen molar-refractivity contribution in [2.75, 3.05) is 12.4 Å². The minimum absolute atomic E-state index is 0.131. The second-order valence-corrected chi connectivity index (χ2v) is 5.46. The number of anilines is 1. The van der Waals surface area contributed by atoms with Crippen LogP contribution in [0.4, 0.5) is 35.9 Å². The molecule has 0 aliphatic heterocycles. The van der Waals surface area contributed by atoms with E-state index in [1.165, 1.54) is 30.6 Å². The average molecular weight is 376 g/mol. The molecule has 2 rings (SSSR count). The Kier molecular flexibility index (Phi) is 4.37. The maximum atomic E-state index is 13.2. The van der Waals surface area contributed by atoms with Gasteiger partial charge < -0.3 is 4.74 Å². The van der Waals surface area contributed by atoms with E-state index in [2.05, 4.69) is 4.98 Å². The summed E-state index contributed by atoms with van der Waals surface area (Å²) >= 11 is 0.607. The van der Waals surface area contributed by atoms with E-state index in [0.717, 1.165) is 0 Å². The van der Waals surface area contributed by atoms with Gasteiger partial charge in [0, 0.05) is 0 Å². The number of nitrogens with one attached hydrogen (secondary N) is 1. The molecule has 0 aliphatic rings. The fraction of sp³-hybridized carbons (Fsp3) is 0.333. The van der Waals surface area contributed by atoms with Gasteiger partial charge in [-0.15, -0.1) is 0 Å². The number of alkyl halides is 7. The number of thiazole rings is 1. The molecule has 0 saturated carbocycles. The molecule has 0 atom stereocenters. The molecule has 1 aromatic carbocycles. The van der Waals surface area contributed by atoms with Crippen molar-refractivity contribution in [2.45, 2.75) is 18.0 Å². The zero-order valence-corrected chi connectivity index (χ0v) is 12.4. The lowest BCUT2D eigenvalue weighted by Crippen LogP contribution is -2.57. The summed E-state index contributed by atoms with van der Waals surface area (Å²) in [5.74, 6) is -15.1. The first-order valence-electron chi connectivity index (χ1n) is 5.99. The van der Waals surface area contributed by atoms with Crippen LogP contribution in [0.2, 0.25) is 0 Å². The second-order valence-electron chi connectivity index (χ2n) is 4.43. The fourth-order valence-electron chi connectivity index (χ4n) is 1.64. The summed E-state index contributed by atoms with van der Waals surface area (Å²) in [6.07, 6.45) is -6.59. The largest absolute Gasteiger partial charge is 0.494 e. The normalized spacial score (nSPS) is 13.2. The third-order valence-electron chi connectivity index (χ3n) is 2.86. The summed E-state index contributed by atoms with van der Waals surface area (Å²) < 4.78 is 93.6. The summed E-state index contributed by atoms with van der Waals surface area (Å²) in [6.45, 7) is 0. The summed E-state index contributed by atoms with van der Waals surface area (Å²) in [5.41, 5.74) is 0.131. The lowest BCUT2D eigenvalue weighted by molar-refractivity contribution is -0.343. The summed E-state index contributed by atoms with van der Waals surface area (Å²) in [5, 5.41) is 0.712. The van der Waals surface area contributed by atoms with Gasteiger partial charge in [-0.2, -0.15) is 30.7 Å². The monoisotopic (exact) mass is 376 g/mol. The molecule has 1 amide bonds. The third kappa shape index (κ3) is 2.85. The Hall–Kier alpha value is -2.11. The van der Waals surface area contributed by atoms with Gasteiger partial charge in [0.25, 0.3) is 0 Å². The van der Waals surface area contributed by atoms with Crippen molar-refractivity contribution >= 4 is 32.6 Å². The van der Waals surface area contributed by atoms with Gasteiger partial charge in [0.2, 0.25) is 0 Å². The molecule has 0 aliphatic carbocycles. The van der Waals surface area contributed by atoms with Crippen LogP contribution < -0.4 is 10.1 Å². The summed E-state index contributed by atoms with van der Waals surface area (Å²) in [7, 11) is 1.28. The fourth-order valence-corrected chi connectivity index (χ4v) is 2.52. The Morgan fingerprint density at radius 2 is 1.79 bits per heavy atom. The Balaban J connectivity index is 2.32. The Morgan fingerprint density at radius 3 is 2.33 bits per heavy atom. The van der Waals surface area contributed by atoms with E-state index < -0.39 is 29.1 Å². The van der Waals surface area contributed by atoms with Crippen LogP contribution >= 0.6 is 11.3 Å². The summed E-state index contributed by atoms with van der Waals surface area (Å²) in [4.78, 5) is 14.9. The smallest absolute Gasteiger partial charge is 0.460 e. The van der Waals surface area contributed by atoms with Crippen LogP contribution in [0.1, 0.15) is 0 Å². The SMILES string of the molecule is COc1cccc2sc(NC(=O)C(F)(F)C(F)(F)C(F)(F)F)nc12. The lowest BCUT2D eigenvalue weighted by atomic mass is 10.1. The highest BCUT2D eigenvalue weighted by Crippen LogP contribution is 2.47. The van der Waals surface area contributed by atoms with E-state index in [-0.39, 0.29) is 11.3 Å². The van der Waals surface area contributed by atoms with Gasteiger partial charge in [0.15, 0.2) is 5.13 Å². The Morgan fingerprint density at radius 1 is 1.17 bits per heavy atom. The van der Waals surface area contributed by atoms with Gasteiger partial charge in [0.05, 0.1) is 11.8 Å². The second kappa shape index (κ2) is 5.76. The lowest BCUT2D eigenvalue weighted by Gasteiger charge is -2.26. The van der Waals surface area contributed by atoms with Crippen LogP contribution in [0.3, 0.4) is 0 Å². The molecule has 132 valence electrons. The van der Waals surface area contributed by atoms with Crippen LogP contribution in [-0.2, 0) is 4.79 Å². The van der Waals surface area contributed by atoms with Crippen LogP contribution in [0.25, 0.3) is 10.2 Å². The highest BCUT2D eigenvalue weighted by molar-refractivity contribution is 7.22. The van der Waals surface area contributed by atoms with E-state index in [1.807, 2.05) is 0 Å². The highest BCUT2D eigenvalue weighted by atomic mass is 32.1. The van der Waals surface area contributed by atoms with E-state index in [4.69, 9.17) is 4.74 Å². The number of amides is 1. The number of hydrogen-bond acceptors (Lipinski definition) is 4. The number of carbonyl (C=O) groups excluding carboxylic acids is 1. The standard InChI is InChI=1S/C12H7F7N2O2S/c1-23-5-3-2-4-6-7(5)20-9(24-6)21-8(22)10(13,14)11(15,16)12(17,18)19/h2-4H,1H3,(H,20,21,22). The Labute approximate surface area is 133 Å². The molecule has 1 aromatic heterocycles. The molecule has 0 spiro atoms. The number of methoxy groups -OCH3 is 1. The molecular weight excluding hydrogens is 369 g/mol. The van der Waals surface area contributed by atoms with Crippen molar-refractivity contribution in [3.63, 3.8) is 0 Å². The number of aromatic nitrogens is 1. The van der Waals surface area contributed by atoms with Gasteiger partial charge >= 0.3 is 23.9 Å². The molecule has 0 unspecified atom stereocenters. The molecule has 1 heterocycles.